The third-order valence-corrected chi connectivity index (χ3v) is 5.18. The molecule has 29 heavy (non-hydrogen) atoms. The number of pyridine rings is 1. The zero-order valence-corrected chi connectivity index (χ0v) is 16.3. The first kappa shape index (κ1) is 19.3. The fraction of sp³-hybridized carbons (Fsp3) is 0.300. The van der Waals surface area contributed by atoms with E-state index < -0.39 is 0 Å². The first-order chi connectivity index (χ1) is 14.0. The largest absolute Gasteiger partial charge is 0.348 e. The number of rotatable bonds is 4. The molecular formula is C20H19ClFN5O2. The standard InChI is InChI=1S/C20H19ClFN5O2/c21-14-3-7-17(23-11-14)19(28)24-16-6-8-18-25-27(20(29)26(18)10-9-16)12-13-1-4-15(22)5-2-13/h1-5,7,11,16H,6,8-10,12H2,(H,24,28). The summed E-state index contributed by atoms with van der Waals surface area (Å²) in [7, 11) is 0. The molecule has 1 aliphatic heterocycles. The number of fused-ring (bicyclic) bond motifs is 1. The highest BCUT2D eigenvalue weighted by atomic mass is 35.5. The van der Waals surface area contributed by atoms with Gasteiger partial charge in [-0.2, -0.15) is 5.10 Å². The monoisotopic (exact) mass is 415 g/mol. The molecule has 1 amide bonds. The average molecular weight is 416 g/mol. The molecule has 0 saturated heterocycles. The van der Waals surface area contributed by atoms with Crippen molar-refractivity contribution in [2.75, 3.05) is 0 Å². The summed E-state index contributed by atoms with van der Waals surface area (Å²) in [6, 6.07) is 9.13. The number of carbonyl (C=O) groups excluding carboxylic acids is 1. The second kappa shape index (κ2) is 8.16. The molecular weight excluding hydrogens is 397 g/mol. The van der Waals surface area contributed by atoms with Crippen LogP contribution in [0.25, 0.3) is 0 Å². The summed E-state index contributed by atoms with van der Waals surface area (Å²) >= 11 is 5.80. The molecule has 1 N–H and O–H groups in total. The predicted molar refractivity (Wildman–Crippen MR) is 105 cm³/mol. The lowest BCUT2D eigenvalue weighted by molar-refractivity contribution is 0.0928. The van der Waals surface area contributed by atoms with Crippen LogP contribution < -0.4 is 11.0 Å². The molecule has 0 bridgehead atoms. The van der Waals surface area contributed by atoms with E-state index in [0.717, 1.165) is 5.56 Å². The fourth-order valence-electron chi connectivity index (χ4n) is 3.41. The summed E-state index contributed by atoms with van der Waals surface area (Å²) < 4.78 is 16.1. The van der Waals surface area contributed by atoms with Gasteiger partial charge in [0, 0.05) is 25.2 Å². The zero-order chi connectivity index (χ0) is 20.4. The number of halogens is 2. The lowest BCUT2D eigenvalue weighted by Crippen LogP contribution is -2.36. The van der Waals surface area contributed by atoms with Gasteiger partial charge >= 0.3 is 5.69 Å². The Balaban J connectivity index is 1.42. The third kappa shape index (κ3) is 4.37. The van der Waals surface area contributed by atoms with Gasteiger partial charge in [0.05, 0.1) is 11.6 Å². The van der Waals surface area contributed by atoms with Crippen LogP contribution >= 0.6 is 11.6 Å². The van der Waals surface area contributed by atoms with Gasteiger partial charge in [0.1, 0.15) is 17.3 Å². The van der Waals surface area contributed by atoms with Crippen LogP contribution in [0.5, 0.6) is 0 Å². The molecule has 1 unspecified atom stereocenters. The molecule has 0 aliphatic carbocycles. The molecule has 7 nitrogen and oxygen atoms in total. The second-order valence-corrected chi connectivity index (χ2v) is 7.43. The third-order valence-electron chi connectivity index (χ3n) is 4.96. The number of nitrogens with one attached hydrogen (secondary N) is 1. The van der Waals surface area contributed by atoms with E-state index in [4.69, 9.17) is 11.6 Å². The van der Waals surface area contributed by atoms with E-state index in [9.17, 15) is 14.0 Å². The normalized spacial score (nSPS) is 16.1. The molecule has 9 heteroatoms. The van der Waals surface area contributed by atoms with E-state index in [1.165, 1.54) is 23.0 Å². The van der Waals surface area contributed by atoms with Gasteiger partial charge in [0.25, 0.3) is 5.91 Å². The quantitative estimate of drug-likeness (QED) is 0.709. The SMILES string of the molecule is O=C(NC1CCc2nn(Cc3ccc(F)cc3)c(=O)n2CC1)c1ccc(Cl)cn1. The molecule has 0 radical (unpaired) electrons. The number of hydrogen-bond donors (Lipinski definition) is 1. The first-order valence-corrected chi connectivity index (χ1v) is 9.71. The topological polar surface area (TPSA) is 81.8 Å². The maximum absolute atomic E-state index is 13.1. The zero-order valence-electron chi connectivity index (χ0n) is 15.5. The van der Waals surface area contributed by atoms with Gasteiger partial charge in [-0.15, -0.1) is 0 Å². The molecule has 3 aromatic rings. The van der Waals surface area contributed by atoms with Crippen molar-refractivity contribution in [2.45, 2.75) is 38.4 Å². The number of hydrogen-bond acceptors (Lipinski definition) is 4. The number of nitrogens with zero attached hydrogens (tertiary/aromatic N) is 4. The number of carbonyl (C=O) groups is 1. The van der Waals surface area contributed by atoms with Gasteiger partial charge in [-0.1, -0.05) is 23.7 Å². The van der Waals surface area contributed by atoms with Crippen molar-refractivity contribution < 1.29 is 9.18 Å². The van der Waals surface area contributed by atoms with Crippen molar-refractivity contribution in [1.82, 2.24) is 24.6 Å². The van der Waals surface area contributed by atoms with E-state index >= 15 is 0 Å². The Kier molecular flexibility index (Phi) is 5.44. The fourth-order valence-corrected chi connectivity index (χ4v) is 3.52. The van der Waals surface area contributed by atoms with Crippen LogP contribution in [0.2, 0.25) is 5.02 Å². The molecule has 1 aromatic carbocycles. The summed E-state index contributed by atoms with van der Waals surface area (Å²) in [4.78, 5) is 29.1. The van der Waals surface area contributed by atoms with Crippen LogP contribution in [0.4, 0.5) is 4.39 Å². The number of benzene rings is 1. The van der Waals surface area contributed by atoms with Crippen molar-refractivity contribution in [3.63, 3.8) is 0 Å². The van der Waals surface area contributed by atoms with Gasteiger partial charge in [-0.05, 0) is 42.7 Å². The van der Waals surface area contributed by atoms with Crippen molar-refractivity contribution in [2.24, 2.45) is 0 Å². The minimum absolute atomic E-state index is 0.0772. The average Bonchev–Trinajstić information content (AvgIpc) is 2.87. The van der Waals surface area contributed by atoms with Gasteiger partial charge in [-0.25, -0.2) is 18.9 Å². The van der Waals surface area contributed by atoms with Gasteiger partial charge in [-0.3, -0.25) is 9.36 Å². The Bertz CT molecular complexity index is 1080. The Morgan fingerprint density at radius 1 is 1.21 bits per heavy atom. The second-order valence-electron chi connectivity index (χ2n) is 6.99. The van der Waals surface area contributed by atoms with Gasteiger partial charge < -0.3 is 5.32 Å². The summed E-state index contributed by atoms with van der Waals surface area (Å²) in [6.45, 7) is 0.762. The molecule has 1 atom stereocenters. The summed E-state index contributed by atoms with van der Waals surface area (Å²) in [5.74, 6) is 0.113. The number of amides is 1. The van der Waals surface area contributed by atoms with Crippen LogP contribution in [0.3, 0.4) is 0 Å². The highest BCUT2D eigenvalue weighted by molar-refractivity contribution is 6.30. The van der Waals surface area contributed by atoms with Crippen molar-refractivity contribution in [1.29, 1.82) is 0 Å². The minimum Gasteiger partial charge on any atom is -0.348 e. The lowest BCUT2D eigenvalue weighted by Gasteiger charge is -2.15. The molecule has 4 rings (SSSR count). The van der Waals surface area contributed by atoms with Crippen LogP contribution in [0.15, 0.2) is 47.4 Å². The van der Waals surface area contributed by atoms with Crippen LogP contribution in [-0.4, -0.2) is 31.3 Å². The van der Waals surface area contributed by atoms with E-state index in [0.29, 0.717) is 48.9 Å². The van der Waals surface area contributed by atoms with Crippen LogP contribution in [-0.2, 0) is 19.5 Å². The number of aryl methyl sites for hydroxylation is 1. The van der Waals surface area contributed by atoms with E-state index in [2.05, 4.69) is 15.4 Å². The van der Waals surface area contributed by atoms with Crippen molar-refractivity contribution in [3.05, 3.63) is 81.0 Å². The number of aromatic nitrogens is 4. The summed E-state index contributed by atoms with van der Waals surface area (Å²) in [5, 5.41) is 7.88. The predicted octanol–water partition coefficient (Wildman–Crippen LogP) is 2.42. The lowest BCUT2D eigenvalue weighted by atomic mass is 10.1. The Morgan fingerprint density at radius 2 is 2.00 bits per heavy atom. The Labute approximate surface area is 171 Å². The van der Waals surface area contributed by atoms with Gasteiger partial charge in [0.2, 0.25) is 0 Å². The Morgan fingerprint density at radius 3 is 2.72 bits per heavy atom. The molecule has 0 saturated carbocycles. The summed E-state index contributed by atoms with van der Waals surface area (Å²) in [6.07, 6.45) is 3.30. The van der Waals surface area contributed by atoms with Crippen molar-refractivity contribution in [3.8, 4) is 0 Å². The van der Waals surface area contributed by atoms with E-state index in [1.807, 2.05) is 0 Å². The maximum Gasteiger partial charge on any atom is 0.346 e. The smallest absolute Gasteiger partial charge is 0.346 e. The molecule has 3 heterocycles. The Hall–Kier alpha value is -3.00. The highest BCUT2D eigenvalue weighted by Crippen LogP contribution is 2.14. The molecule has 0 fully saturated rings. The van der Waals surface area contributed by atoms with E-state index in [1.54, 1.807) is 28.8 Å². The molecule has 1 aliphatic rings. The van der Waals surface area contributed by atoms with Crippen LogP contribution in [0, 0.1) is 5.82 Å². The molecule has 0 spiro atoms. The highest BCUT2D eigenvalue weighted by Gasteiger charge is 2.22. The molecule has 2 aromatic heterocycles. The van der Waals surface area contributed by atoms with Gasteiger partial charge in [0.15, 0.2) is 0 Å². The maximum atomic E-state index is 13.1. The molecule has 150 valence electrons. The summed E-state index contributed by atoms with van der Waals surface area (Å²) in [5.41, 5.74) is 0.913. The van der Waals surface area contributed by atoms with Crippen molar-refractivity contribution >= 4 is 17.5 Å². The minimum atomic E-state index is -0.316. The van der Waals surface area contributed by atoms with Crippen LogP contribution in [0.1, 0.15) is 34.7 Å². The van der Waals surface area contributed by atoms with E-state index in [-0.39, 0.29) is 23.5 Å². The first-order valence-electron chi connectivity index (χ1n) is 9.33.